The summed E-state index contributed by atoms with van der Waals surface area (Å²) in [5, 5.41) is 6.21. The fourth-order valence-corrected chi connectivity index (χ4v) is 0.913. The zero-order valence-corrected chi connectivity index (χ0v) is 7.90. The minimum Gasteiger partial charge on any atom is -0.497 e. The topological polar surface area (TPSA) is 87.6 Å². The quantitative estimate of drug-likeness (QED) is 0.306. The number of nitrogens with zero attached hydrogens (tertiary/aromatic N) is 1. The lowest BCUT2D eigenvalue weighted by Crippen LogP contribution is -2.63. The first kappa shape index (κ1) is 10.0. The van der Waals surface area contributed by atoms with Crippen LogP contribution in [0.4, 0.5) is 0 Å². The average Bonchev–Trinajstić information content (AvgIpc) is 2.18. The summed E-state index contributed by atoms with van der Waals surface area (Å²) in [7, 11) is 1.61. The van der Waals surface area contributed by atoms with Crippen molar-refractivity contribution in [1.82, 2.24) is 0 Å². The van der Waals surface area contributed by atoms with Crippen molar-refractivity contribution in [3.05, 3.63) is 29.8 Å². The normalized spacial score (nSPS) is 10.1. The first-order valence-corrected chi connectivity index (χ1v) is 4.04. The summed E-state index contributed by atoms with van der Waals surface area (Å²) in [6.45, 7) is 0. The molecule has 0 heterocycles. The number of methoxy groups -OCH3 is 1. The second-order valence-electron chi connectivity index (χ2n) is 2.59. The van der Waals surface area contributed by atoms with Gasteiger partial charge in [-0.2, -0.15) is 0 Å². The predicted octanol–water partition coefficient (Wildman–Crippen LogP) is -1.62. The Hall–Kier alpha value is -2.04. The highest BCUT2D eigenvalue weighted by Crippen LogP contribution is 2.09. The molecule has 5 N–H and O–H groups in total. The van der Waals surface area contributed by atoms with Gasteiger partial charge in [-0.3, -0.25) is 0 Å². The lowest BCUT2D eigenvalue weighted by atomic mass is 10.2. The van der Waals surface area contributed by atoms with Gasteiger partial charge < -0.3 is 16.2 Å². The van der Waals surface area contributed by atoms with Gasteiger partial charge in [0.05, 0.1) is 7.11 Å². The third-order valence-electron chi connectivity index (χ3n) is 1.52. The van der Waals surface area contributed by atoms with Crippen molar-refractivity contribution in [3.63, 3.8) is 0 Å². The number of hydrazone groups is 1. The number of rotatable bonds is 3. The van der Waals surface area contributed by atoms with Crippen LogP contribution in [0.1, 0.15) is 5.56 Å². The van der Waals surface area contributed by atoms with Gasteiger partial charge >= 0.3 is 0 Å². The van der Waals surface area contributed by atoms with E-state index >= 15 is 0 Å². The van der Waals surface area contributed by atoms with Crippen molar-refractivity contribution in [2.75, 3.05) is 7.11 Å². The number of nitrogens with one attached hydrogen (secondary N) is 1. The third kappa shape index (κ3) is 3.14. The Kier molecular flexibility index (Phi) is 3.49. The number of guanidine groups is 1. The maximum atomic E-state index is 5.13. The molecular weight excluding hydrogens is 180 g/mol. The van der Waals surface area contributed by atoms with E-state index in [1.54, 1.807) is 13.3 Å². The fraction of sp³-hybridized carbons (Fsp3) is 0.111. The molecule has 0 aliphatic heterocycles. The van der Waals surface area contributed by atoms with Crippen LogP contribution in [0.15, 0.2) is 29.4 Å². The third-order valence-corrected chi connectivity index (χ3v) is 1.52. The lowest BCUT2D eigenvalue weighted by molar-refractivity contribution is -0.456. The summed E-state index contributed by atoms with van der Waals surface area (Å²) in [4.78, 5) is 0. The van der Waals surface area contributed by atoms with Crippen LogP contribution in [0, 0.1) is 0 Å². The van der Waals surface area contributed by atoms with Gasteiger partial charge in [0.25, 0.3) is 5.96 Å². The van der Waals surface area contributed by atoms with Gasteiger partial charge in [-0.05, 0) is 18.2 Å². The lowest BCUT2D eigenvalue weighted by Gasteiger charge is -1.97. The molecule has 1 aromatic rings. The number of nitrogens with two attached hydrogens (primary N) is 2. The summed E-state index contributed by atoms with van der Waals surface area (Å²) in [6.07, 6.45) is 1.67. The minimum atomic E-state index is -0.0100. The zero-order valence-electron chi connectivity index (χ0n) is 7.90. The van der Waals surface area contributed by atoms with Crippen molar-refractivity contribution in [2.45, 2.75) is 0 Å². The number of benzene rings is 1. The highest BCUT2D eigenvalue weighted by Gasteiger charge is 1.94. The molecule has 1 rings (SSSR count). The van der Waals surface area contributed by atoms with Crippen LogP contribution in [-0.2, 0) is 0 Å². The fourth-order valence-electron chi connectivity index (χ4n) is 0.913. The SMILES string of the molecule is COc1cccc(C=[NH+]N=C(N)N)c1. The van der Waals surface area contributed by atoms with Gasteiger partial charge in [-0.1, -0.05) is 6.07 Å². The number of ether oxygens (including phenoxy) is 1. The van der Waals surface area contributed by atoms with Crippen LogP contribution in [-0.4, -0.2) is 19.3 Å². The maximum absolute atomic E-state index is 5.13. The smallest absolute Gasteiger partial charge is 0.256 e. The first-order valence-electron chi connectivity index (χ1n) is 4.04. The summed E-state index contributed by atoms with van der Waals surface area (Å²) < 4.78 is 5.05. The monoisotopic (exact) mass is 193 g/mol. The molecule has 1 aromatic carbocycles. The van der Waals surface area contributed by atoms with Gasteiger partial charge in [0.2, 0.25) is 6.21 Å². The standard InChI is InChI=1S/C9H12N4O/c1-14-8-4-2-3-7(5-8)6-12-13-9(10)11/h2-6H,1H3,(H4,10,11,13)/p+1. The Bertz CT molecular complexity index is 356. The number of hydrogen-bond donors (Lipinski definition) is 3. The second-order valence-corrected chi connectivity index (χ2v) is 2.59. The molecule has 74 valence electrons. The van der Waals surface area contributed by atoms with E-state index in [0.717, 1.165) is 11.3 Å². The van der Waals surface area contributed by atoms with E-state index < -0.39 is 0 Å². The molecule has 0 radical (unpaired) electrons. The van der Waals surface area contributed by atoms with E-state index in [2.05, 4.69) is 10.2 Å². The molecule has 0 atom stereocenters. The molecule has 0 fully saturated rings. The maximum Gasteiger partial charge on any atom is 0.256 e. The summed E-state index contributed by atoms with van der Waals surface area (Å²) in [6, 6.07) is 7.49. The summed E-state index contributed by atoms with van der Waals surface area (Å²) in [5.74, 6) is 0.773. The average molecular weight is 193 g/mol. The van der Waals surface area contributed by atoms with E-state index in [1.165, 1.54) is 0 Å². The Morgan fingerprint density at radius 1 is 1.50 bits per heavy atom. The van der Waals surface area contributed by atoms with Gasteiger partial charge in [-0.25, -0.2) is 0 Å². The Balaban J connectivity index is 2.76. The first-order chi connectivity index (χ1) is 6.72. The van der Waals surface area contributed by atoms with Crippen molar-refractivity contribution in [3.8, 4) is 5.75 Å². The predicted molar refractivity (Wildman–Crippen MR) is 54.9 cm³/mol. The van der Waals surface area contributed by atoms with Crippen LogP contribution in [0.5, 0.6) is 5.75 Å². The molecule has 0 saturated carbocycles. The molecule has 0 unspecified atom stereocenters. The Morgan fingerprint density at radius 2 is 2.29 bits per heavy atom. The van der Waals surface area contributed by atoms with Crippen molar-refractivity contribution in [1.29, 1.82) is 0 Å². The van der Waals surface area contributed by atoms with Crippen LogP contribution >= 0.6 is 0 Å². The van der Waals surface area contributed by atoms with E-state index in [9.17, 15) is 0 Å². The molecule has 0 amide bonds. The van der Waals surface area contributed by atoms with Gasteiger partial charge in [0, 0.05) is 10.7 Å². The van der Waals surface area contributed by atoms with Crippen molar-refractivity contribution < 1.29 is 9.84 Å². The Labute approximate surface area is 82.1 Å². The van der Waals surface area contributed by atoms with Gasteiger partial charge in [0.1, 0.15) is 5.75 Å². The molecular formula is C9H13N4O+. The summed E-state index contributed by atoms with van der Waals surface area (Å²) in [5.41, 5.74) is 11.2. The highest BCUT2D eigenvalue weighted by atomic mass is 16.5. The molecule has 0 spiro atoms. The van der Waals surface area contributed by atoms with Crippen LogP contribution < -0.4 is 21.3 Å². The minimum absolute atomic E-state index is 0.0100. The largest absolute Gasteiger partial charge is 0.497 e. The van der Waals surface area contributed by atoms with E-state index in [-0.39, 0.29) is 5.96 Å². The second kappa shape index (κ2) is 4.86. The number of hydrogen-bond acceptors (Lipinski definition) is 2. The van der Waals surface area contributed by atoms with Crippen molar-refractivity contribution >= 4 is 12.2 Å². The van der Waals surface area contributed by atoms with Crippen LogP contribution in [0.25, 0.3) is 0 Å². The molecule has 0 aromatic heterocycles. The van der Waals surface area contributed by atoms with Crippen LogP contribution in [0.2, 0.25) is 0 Å². The van der Waals surface area contributed by atoms with E-state index in [1.807, 2.05) is 24.3 Å². The van der Waals surface area contributed by atoms with E-state index in [0.29, 0.717) is 0 Å². The Morgan fingerprint density at radius 3 is 2.93 bits per heavy atom. The molecule has 0 aliphatic rings. The summed E-state index contributed by atoms with van der Waals surface area (Å²) >= 11 is 0. The van der Waals surface area contributed by atoms with Crippen LogP contribution in [0.3, 0.4) is 0 Å². The highest BCUT2D eigenvalue weighted by molar-refractivity contribution is 5.77. The van der Waals surface area contributed by atoms with Crippen molar-refractivity contribution in [2.24, 2.45) is 16.6 Å². The molecule has 5 heteroatoms. The molecule has 5 nitrogen and oxygen atoms in total. The molecule has 0 bridgehead atoms. The molecule has 0 aliphatic carbocycles. The van der Waals surface area contributed by atoms with E-state index in [4.69, 9.17) is 16.2 Å². The van der Waals surface area contributed by atoms with Gasteiger partial charge in [-0.15, -0.1) is 5.10 Å². The molecule has 14 heavy (non-hydrogen) atoms. The molecule has 0 saturated heterocycles. The van der Waals surface area contributed by atoms with Gasteiger partial charge in [0.15, 0.2) is 0 Å². The zero-order chi connectivity index (χ0) is 10.4.